The maximum Gasteiger partial charge on any atom is 0.415 e. The molecule has 0 saturated heterocycles. The molecule has 5 nitrogen and oxygen atoms in total. The summed E-state index contributed by atoms with van der Waals surface area (Å²) >= 11 is 0.740. The normalized spacial score (nSPS) is 13.5. The number of para-hydroxylation sites is 1. The molecule has 1 heterocycles. The highest BCUT2D eigenvalue weighted by atomic mass is 32.2. The van der Waals surface area contributed by atoms with Crippen LogP contribution in [0.3, 0.4) is 0 Å². The smallest absolute Gasteiger partial charge is 0.383 e. The van der Waals surface area contributed by atoms with Gasteiger partial charge in [-0.1, -0.05) is 30.0 Å². The topological polar surface area (TPSA) is 63.8 Å². The van der Waals surface area contributed by atoms with E-state index in [2.05, 4.69) is 15.5 Å². The number of nitrogens with zero attached hydrogens (tertiary/aromatic N) is 4. The first-order valence-electron chi connectivity index (χ1n) is 5.20. The highest BCUT2D eigenvalue weighted by Crippen LogP contribution is 2.26. The zero-order valence-electron chi connectivity index (χ0n) is 9.45. The summed E-state index contributed by atoms with van der Waals surface area (Å²) in [6.07, 6.45) is -7.05. The number of hydrogen-bond acceptors (Lipinski definition) is 5. The Kier molecular flexibility index (Phi) is 4.05. The van der Waals surface area contributed by atoms with Crippen LogP contribution in [0.2, 0.25) is 0 Å². The molecule has 0 saturated carbocycles. The van der Waals surface area contributed by atoms with Gasteiger partial charge in [0.05, 0.1) is 5.69 Å². The number of aliphatic hydroxyl groups is 1. The summed E-state index contributed by atoms with van der Waals surface area (Å²) in [5.41, 5.74) is 0.636. The van der Waals surface area contributed by atoms with Crippen molar-refractivity contribution in [1.82, 2.24) is 20.2 Å². The van der Waals surface area contributed by atoms with Crippen molar-refractivity contribution in [2.24, 2.45) is 0 Å². The predicted octanol–water partition coefficient (Wildman–Crippen LogP) is 1.68. The van der Waals surface area contributed by atoms with Crippen molar-refractivity contribution in [2.45, 2.75) is 17.4 Å². The largest absolute Gasteiger partial charge is 0.415 e. The van der Waals surface area contributed by atoms with Crippen LogP contribution >= 0.6 is 11.8 Å². The van der Waals surface area contributed by atoms with Crippen molar-refractivity contribution in [2.75, 3.05) is 5.75 Å². The quantitative estimate of drug-likeness (QED) is 0.868. The molecule has 0 spiro atoms. The van der Waals surface area contributed by atoms with Gasteiger partial charge >= 0.3 is 6.18 Å². The first kappa shape index (κ1) is 13.8. The minimum Gasteiger partial charge on any atom is -0.383 e. The lowest BCUT2D eigenvalue weighted by Gasteiger charge is -2.13. The fraction of sp³-hybridized carbons (Fsp3) is 0.300. The Bertz CT molecular complexity index is 531. The van der Waals surface area contributed by atoms with Crippen LogP contribution in [0, 0.1) is 0 Å². The molecular weight excluding hydrogens is 281 g/mol. The molecule has 0 aliphatic heterocycles. The molecule has 0 radical (unpaired) electrons. The third kappa shape index (κ3) is 3.44. The molecule has 0 aliphatic rings. The minimum atomic E-state index is -4.64. The summed E-state index contributed by atoms with van der Waals surface area (Å²) in [6, 6.07) is 8.77. The molecule has 1 aromatic heterocycles. The van der Waals surface area contributed by atoms with Crippen molar-refractivity contribution in [1.29, 1.82) is 0 Å². The van der Waals surface area contributed by atoms with Crippen molar-refractivity contribution >= 4 is 11.8 Å². The Morgan fingerprint density at radius 3 is 2.58 bits per heavy atom. The highest BCUT2D eigenvalue weighted by Gasteiger charge is 2.38. The average molecular weight is 290 g/mol. The van der Waals surface area contributed by atoms with E-state index < -0.39 is 18.0 Å². The molecule has 1 atom stereocenters. The maximum absolute atomic E-state index is 12.2. The second kappa shape index (κ2) is 5.57. The lowest BCUT2D eigenvalue weighted by Crippen LogP contribution is -2.30. The summed E-state index contributed by atoms with van der Waals surface area (Å²) in [7, 11) is 0. The number of thioether (sulfide) groups is 1. The fourth-order valence-electron chi connectivity index (χ4n) is 1.25. The van der Waals surface area contributed by atoms with Crippen LogP contribution in [0.15, 0.2) is 35.5 Å². The van der Waals surface area contributed by atoms with Crippen LogP contribution in [-0.2, 0) is 0 Å². The Morgan fingerprint density at radius 1 is 1.26 bits per heavy atom. The van der Waals surface area contributed by atoms with Crippen molar-refractivity contribution < 1.29 is 18.3 Å². The number of halogens is 3. The van der Waals surface area contributed by atoms with Crippen molar-refractivity contribution in [3.8, 4) is 5.69 Å². The van der Waals surface area contributed by atoms with Gasteiger partial charge in [0, 0.05) is 5.75 Å². The fourth-order valence-corrected chi connectivity index (χ4v) is 2.10. The SMILES string of the molecule is OC(CSc1nnnn1-c1ccccc1)C(F)(F)F. The third-order valence-corrected chi connectivity index (χ3v) is 3.18. The molecule has 0 bridgehead atoms. The summed E-state index contributed by atoms with van der Waals surface area (Å²) in [4.78, 5) is 0. The summed E-state index contributed by atoms with van der Waals surface area (Å²) < 4.78 is 37.9. The lowest BCUT2D eigenvalue weighted by molar-refractivity contribution is -0.195. The molecule has 0 amide bonds. The molecule has 1 aromatic carbocycles. The first-order chi connectivity index (χ1) is 8.98. The molecular formula is C10H9F3N4OS. The monoisotopic (exact) mass is 290 g/mol. The van der Waals surface area contributed by atoms with Crippen molar-refractivity contribution in [3.63, 3.8) is 0 Å². The van der Waals surface area contributed by atoms with Crippen LogP contribution in [0.5, 0.6) is 0 Å². The van der Waals surface area contributed by atoms with Gasteiger partial charge in [-0.3, -0.25) is 0 Å². The Labute approximate surface area is 110 Å². The van der Waals surface area contributed by atoms with Gasteiger partial charge in [-0.15, -0.1) is 5.10 Å². The third-order valence-electron chi connectivity index (χ3n) is 2.19. The highest BCUT2D eigenvalue weighted by molar-refractivity contribution is 7.99. The second-order valence-corrected chi connectivity index (χ2v) is 4.56. The first-order valence-corrected chi connectivity index (χ1v) is 6.18. The predicted molar refractivity (Wildman–Crippen MR) is 61.9 cm³/mol. The molecule has 2 rings (SSSR count). The van der Waals surface area contributed by atoms with E-state index in [9.17, 15) is 13.2 Å². The summed E-state index contributed by atoms with van der Waals surface area (Å²) in [6.45, 7) is 0. The average Bonchev–Trinajstić information content (AvgIpc) is 2.84. The lowest BCUT2D eigenvalue weighted by atomic mass is 10.3. The van der Waals surface area contributed by atoms with E-state index in [4.69, 9.17) is 5.11 Å². The van der Waals surface area contributed by atoms with E-state index in [1.807, 2.05) is 0 Å². The van der Waals surface area contributed by atoms with Gasteiger partial charge in [-0.2, -0.15) is 17.9 Å². The van der Waals surface area contributed by atoms with E-state index in [1.54, 1.807) is 30.3 Å². The van der Waals surface area contributed by atoms with Crippen molar-refractivity contribution in [3.05, 3.63) is 30.3 Å². The number of aromatic nitrogens is 4. The maximum atomic E-state index is 12.2. The van der Waals surface area contributed by atoms with E-state index in [1.165, 1.54) is 4.68 Å². The molecule has 102 valence electrons. The molecule has 1 unspecified atom stereocenters. The Morgan fingerprint density at radius 2 is 1.95 bits per heavy atom. The van der Waals surface area contributed by atoms with Gasteiger partial charge < -0.3 is 5.11 Å². The van der Waals surface area contributed by atoms with Gasteiger partial charge in [-0.25, -0.2) is 0 Å². The van der Waals surface area contributed by atoms with Crippen LogP contribution in [0.1, 0.15) is 0 Å². The van der Waals surface area contributed by atoms with E-state index in [0.29, 0.717) is 5.69 Å². The molecule has 0 aliphatic carbocycles. The van der Waals surface area contributed by atoms with E-state index in [-0.39, 0.29) is 5.16 Å². The zero-order chi connectivity index (χ0) is 13.9. The number of tetrazole rings is 1. The number of alkyl halides is 3. The minimum absolute atomic E-state index is 0.189. The molecule has 2 aromatic rings. The van der Waals surface area contributed by atoms with Gasteiger partial charge in [0.2, 0.25) is 5.16 Å². The standard InChI is InChI=1S/C10H9F3N4OS/c11-10(12,13)8(18)6-19-9-14-15-16-17(9)7-4-2-1-3-5-7/h1-5,8,18H,6H2. The summed E-state index contributed by atoms with van der Waals surface area (Å²) in [5, 5.41) is 19.9. The molecule has 9 heteroatoms. The van der Waals surface area contributed by atoms with Gasteiger partial charge in [0.1, 0.15) is 0 Å². The molecule has 19 heavy (non-hydrogen) atoms. The number of benzene rings is 1. The van der Waals surface area contributed by atoms with Crippen LogP contribution in [0.25, 0.3) is 5.69 Å². The molecule has 0 fully saturated rings. The van der Waals surface area contributed by atoms with Gasteiger partial charge in [0.15, 0.2) is 6.10 Å². The van der Waals surface area contributed by atoms with Crippen LogP contribution in [-0.4, -0.2) is 43.3 Å². The number of aliphatic hydroxyl groups excluding tert-OH is 1. The Hall–Kier alpha value is -1.61. The Balaban J connectivity index is 2.09. The van der Waals surface area contributed by atoms with E-state index in [0.717, 1.165) is 11.8 Å². The zero-order valence-corrected chi connectivity index (χ0v) is 10.3. The van der Waals surface area contributed by atoms with Crippen LogP contribution < -0.4 is 0 Å². The molecule has 1 N–H and O–H groups in total. The van der Waals surface area contributed by atoms with Gasteiger partial charge in [-0.05, 0) is 22.6 Å². The number of rotatable bonds is 4. The van der Waals surface area contributed by atoms with E-state index >= 15 is 0 Å². The van der Waals surface area contributed by atoms with Crippen LogP contribution in [0.4, 0.5) is 13.2 Å². The van der Waals surface area contributed by atoms with Gasteiger partial charge in [0.25, 0.3) is 0 Å². The second-order valence-electron chi connectivity index (χ2n) is 3.58. The summed E-state index contributed by atoms with van der Waals surface area (Å²) in [5.74, 6) is -0.559. The number of hydrogen-bond donors (Lipinski definition) is 1.